The van der Waals surface area contributed by atoms with Gasteiger partial charge in [-0.15, -0.1) is 0 Å². The zero-order chi connectivity index (χ0) is 26.3. The summed E-state index contributed by atoms with van der Waals surface area (Å²) in [6.07, 6.45) is -3.32. The summed E-state index contributed by atoms with van der Waals surface area (Å²) in [6, 6.07) is 11.7. The maximum absolute atomic E-state index is 13.7. The minimum atomic E-state index is -4.72. The van der Waals surface area contributed by atoms with E-state index in [1.54, 1.807) is 32.3 Å². The van der Waals surface area contributed by atoms with Crippen LogP contribution >= 0.6 is 8.81 Å². The van der Waals surface area contributed by atoms with E-state index in [-0.39, 0.29) is 23.1 Å². The Hall–Kier alpha value is -3.43. The van der Waals surface area contributed by atoms with Gasteiger partial charge in [-0.3, -0.25) is 4.79 Å². The topological polar surface area (TPSA) is 88.6 Å². The number of methoxy groups -OCH3 is 1. The molecule has 0 saturated heterocycles. The highest BCUT2D eigenvalue weighted by atomic mass is 31.1. The molecule has 1 unspecified atom stereocenters. The number of ether oxygens (including phenoxy) is 1. The fraction of sp³-hybridized carbons (Fsp3) is 0.292. The van der Waals surface area contributed by atoms with E-state index in [2.05, 4.69) is 20.6 Å². The van der Waals surface area contributed by atoms with Crippen molar-refractivity contribution in [3.05, 3.63) is 65.4 Å². The monoisotopic (exact) mass is 521 g/mol. The van der Waals surface area contributed by atoms with Crippen molar-refractivity contribution >= 4 is 37.9 Å². The van der Waals surface area contributed by atoms with Gasteiger partial charge < -0.3 is 24.8 Å². The molecule has 8 nitrogen and oxygen atoms in total. The third-order valence-electron chi connectivity index (χ3n) is 4.95. The number of aromatic nitrogens is 2. The van der Waals surface area contributed by atoms with Gasteiger partial charge in [0, 0.05) is 41.9 Å². The van der Waals surface area contributed by atoms with Gasteiger partial charge >= 0.3 is 6.18 Å². The number of carbonyl (C=O) groups is 1. The maximum Gasteiger partial charge on any atom is 0.421 e. The molecule has 3 rings (SSSR count). The molecule has 12 heteroatoms. The van der Waals surface area contributed by atoms with Gasteiger partial charge in [-0.2, -0.15) is 18.2 Å². The molecule has 3 aromatic rings. The molecule has 1 aromatic heterocycles. The van der Waals surface area contributed by atoms with Crippen LogP contribution in [0.3, 0.4) is 0 Å². The molecule has 0 fully saturated rings. The van der Waals surface area contributed by atoms with Gasteiger partial charge in [0.05, 0.1) is 24.0 Å². The van der Waals surface area contributed by atoms with Crippen LogP contribution in [0.25, 0.3) is 0 Å². The first-order valence-corrected chi connectivity index (χ1v) is 12.1. The summed E-state index contributed by atoms with van der Waals surface area (Å²) in [5.41, 5.74) is 0.786. The summed E-state index contributed by atoms with van der Waals surface area (Å²) in [6.45, 7) is 2.55. The molecule has 0 aliphatic heterocycles. The lowest BCUT2D eigenvalue weighted by atomic mass is 10.1. The quantitative estimate of drug-likeness (QED) is 0.257. The fourth-order valence-corrected chi connectivity index (χ4v) is 3.89. The number of anilines is 4. The van der Waals surface area contributed by atoms with Gasteiger partial charge in [0.2, 0.25) is 5.95 Å². The minimum absolute atomic E-state index is 0.0795. The second-order valence-electron chi connectivity index (χ2n) is 7.74. The van der Waals surface area contributed by atoms with Gasteiger partial charge in [-0.1, -0.05) is 18.2 Å². The molecular formula is C24H27F3N5O3P. The molecule has 1 heterocycles. The van der Waals surface area contributed by atoms with Crippen molar-refractivity contribution in [2.24, 2.45) is 0 Å². The van der Waals surface area contributed by atoms with Crippen molar-refractivity contribution < 1.29 is 27.2 Å². The number of hydrogen-bond donors (Lipinski definition) is 2. The lowest BCUT2D eigenvalue weighted by Gasteiger charge is -2.18. The number of amides is 1. The predicted octanol–water partition coefficient (Wildman–Crippen LogP) is 5.82. The summed E-state index contributed by atoms with van der Waals surface area (Å²) in [5.74, 6) is -0.459. The number of hydrogen-bond acceptors (Lipinski definition) is 7. The molecule has 1 amide bonds. The van der Waals surface area contributed by atoms with Crippen molar-refractivity contribution in [3.8, 4) is 5.75 Å². The molecule has 36 heavy (non-hydrogen) atoms. The largest absolute Gasteiger partial charge is 0.495 e. The Morgan fingerprint density at radius 3 is 2.53 bits per heavy atom. The van der Waals surface area contributed by atoms with Crippen LogP contribution in [0.15, 0.2) is 48.7 Å². The Kier molecular flexibility index (Phi) is 9.06. The van der Waals surface area contributed by atoms with Crippen LogP contribution in [-0.4, -0.2) is 48.6 Å². The fourth-order valence-electron chi connectivity index (χ4n) is 3.20. The first kappa shape index (κ1) is 27.2. The van der Waals surface area contributed by atoms with Crippen LogP contribution in [0, 0.1) is 0 Å². The van der Waals surface area contributed by atoms with E-state index in [9.17, 15) is 18.0 Å². The van der Waals surface area contributed by atoms with E-state index in [0.29, 0.717) is 39.2 Å². The first-order valence-electron chi connectivity index (χ1n) is 10.9. The second-order valence-corrected chi connectivity index (χ2v) is 8.67. The van der Waals surface area contributed by atoms with Gasteiger partial charge in [0.15, 0.2) is 0 Å². The van der Waals surface area contributed by atoms with E-state index < -0.39 is 17.6 Å². The third kappa shape index (κ3) is 6.83. The summed E-state index contributed by atoms with van der Waals surface area (Å²) in [4.78, 5) is 21.8. The smallest absolute Gasteiger partial charge is 0.421 e. The number of alkyl halides is 3. The number of nitrogens with one attached hydrogen (secondary N) is 2. The van der Waals surface area contributed by atoms with Gasteiger partial charge in [-0.25, -0.2) is 4.98 Å². The van der Waals surface area contributed by atoms with Gasteiger partial charge in [0.25, 0.3) is 5.91 Å². The van der Waals surface area contributed by atoms with Gasteiger partial charge in [0.1, 0.15) is 17.1 Å². The summed E-state index contributed by atoms with van der Waals surface area (Å²) in [7, 11) is 4.92. The Labute approximate surface area is 209 Å². The lowest BCUT2D eigenvalue weighted by molar-refractivity contribution is -0.137. The molecule has 192 valence electrons. The molecule has 2 N–H and O–H groups in total. The zero-order valence-electron chi connectivity index (χ0n) is 20.2. The van der Waals surface area contributed by atoms with Crippen molar-refractivity contribution in [1.82, 2.24) is 14.9 Å². The highest BCUT2D eigenvalue weighted by Gasteiger charge is 2.35. The Morgan fingerprint density at radius 1 is 1.11 bits per heavy atom. The molecule has 0 aliphatic carbocycles. The van der Waals surface area contributed by atoms with Crippen LogP contribution in [0.1, 0.15) is 28.4 Å². The minimum Gasteiger partial charge on any atom is -0.495 e. The van der Waals surface area contributed by atoms with Crippen molar-refractivity contribution in [1.29, 1.82) is 0 Å². The number of carbonyl (C=O) groups excluding carboxylic acids is 1. The summed E-state index contributed by atoms with van der Waals surface area (Å²) < 4.78 is 52.1. The van der Waals surface area contributed by atoms with Crippen molar-refractivity contribution in [2.75, 3.05) is 38.4 Å². The molecule has 0 bridgehead atoms. The van der Waals surface area contributed by atoms with E-state index in [1.807, 2.05) is 19.1 Å². The number of benzene rings is 2. The molecule has 0 aliphatic rings. The SMILES string of the molecule is CCOPCc1ccc(Nc2ncc(C(F)(F)F)c(Nc3ccccc3C(=O)N(C)C)n2)c(OC)c1. The lowest BCUT2D eigenvalue weighted by Crippen LogP contribution is -2.23. The molecule has 2 aromatic carbocycles. The Morgan fingerprint density at radius 2 is 1.86 bits per heavy atom. The average Bonchev–Trinajstić information content (AvgIpc) is 2.84. The van der Waals surface area contributed by atoms with E-state index >= 15 is 0 Å². The first-order chi connectivity index (χ1) is 17.1. The Bertz CT molecular complexity index is 1210. The van der Waals surface area contributed by atoms with Crippen molar-refractivity contribution in [2.45, 2.75) is 19.3 Å². The molecular weight excluding hydrogens is 494 g/mol. The van der Waals surface area contributed by atoms with Gasteiger partial charge in [-0.05, 0) is 36.8 Å². The van der Waals surface area contributed by atoms with Crippen LogP contribution in [-0.2, 0) is 16.9 Å². The van der Waals surface area contributed by atoms with Crippen LogP contribution in [0.4, 0.5) is 36.3 Å². The van der Waals surface area contributed by atoms with Crippen LogP contribution in [0.2, 0.25) is 0 Å². The average molecular weight is 521 g/mol. The molecule has 0 spiro atoms. The summed E-state index contributed by atoms with van der Waals surface area (Å²) >= 11 is 0. The number of para-hydroxylation sites is 1. The number of nitrogens with zero attached hydrogens (tertiary/aromatic N) is 3. The van der Waals surface area contributed by atoms with E-state index in [4.69, 9.17) is 9.26 Å². The normalized spacial score (nSPS) is 11.5. The highest BCUT2D eigenvalue weighted by molar-refractivity contribution is 7.31. The maximum atomic E-state index is 13.7. The molecule has 0 radical (unpaired) electrons. The summed E-state index contributed by atoms with van der Waals surface area (Å²) in [5, 5.41) is 5.59. The van der Waals surface area contributed by atoms with Crippen LogP contribution < -0.4 is 15.4 Å². The molecule has 1 atom stereocenters. The van der Waals surface area contributed by atoms with E-state index in [1.165, 1.54) is 24.1 Å². The van der Waals surface area contributed by atoms with Crippen LogP contribution in [0.5, 0.6) is 5.75 Å². The highest BCUT2D eigenvalue weighted by Crippen LogP contribution is 2.37. The third-order valence-corrected chi connectivity index (χ3v) is 5.99. The standard InChI is InChI=1S/C24H27F3N5O3P/c1-5-35-36-14-15-10-11-19(20(12-15)34-4)30-23-28-13-17(24(25,26)27)21(31-23)29-18-9-7-6-8-16(18)22(33)32(2)3/h6-13,36H,5,14H2,1-4H3,(H2,28,29,30,31). The predicted molar refractivity (Wildman–Crippen MR) is 135 cm³/mol. The zero-order valence-corrected chi connectivity index (χ0v) is 21.2. The molecule has 0 saturated carbocycles. The second kappa shape index (κ2) is 12.0. The van der Waals surface area contributed by atoms with E-state index in [0.717, 1.165) is 5.56 Å². The Balaban J connectivity index is 1.95. The van der Waals surface area contributed by atoms with Crippen molar-refractivity contribution in [3.63, 3.8) is 0 Å². The number of halogens is 3. The number of rotatable bonds is 10.